The van der Waals surface area contributed by atoms with Crippen LogP contribution in [0.25, 0.3) is 0 Å². The molecule has 2 aromatic carbocycles. The number of amides is 1. The Bertz CT molecular complexity index is 1020. The summed E-state index contributed by atoms with van der Waals surface area (Å²) < 4.78 is 28.9. The van der Waals surface area contributed by atoms with Crippen molar-refractivity contribution in [3.63, 3.8) is 0 Å². The predicted octanol–water partition coefficient (Wildman–Crippen LogP) is 3.21. The van der Waals surface area contributed by atoms with Crippen molar-refractivity contribution in [2.24, 2.45) is 11.8 Å². The maximum absolute atomic E-state index is 13.0. The summed E-state index contributed by atoms with van der Waals surface area (Å²) in [6.07, 6.45) is 2.18. The first kappa shape index (κ1) is 23.0. The van der Waals surface area contributed by atoms with Gasteiger partial charge in [0.25, 0.3) is 0 Å². The van der Waals surface area contributed by atoms with Gasteiger partial charge in [-0.2, -0.15) is 4.72 Å². The van der Waals surface area contributed by atoms with Crippen LogP contribution in [-0.4, -0.2) is 38.5 Å². The van der Waals surface area contributed by atoms with Crippen LogP contribution in [0.1, 0.15) is 48.6 Å². The first-order valence-corrected chi connectivity index (χ1v) is 13.1. The summed E-state index contributed by atoms with van der Waals surface area (Å²) in [6.45, 7) is 6.06. The van der Waals surface area contributed by atoms with E-state index < -0.39 is 15.3 Å². The van der Waals surface area contributed by atoms with Crippen molar-refractivity contribution in [2.75, 3.05) is 13.1 Å². The van der Waals surface area contributed by atoms with Crippen LogP contribution < -0.4 is 10.0 Å². The Kier molecular flexibility index (Phi) is 6.98. The third-order valence-corrected chi connectivity index (χ3v) is 8.85. The van der Waals surface area contributed by atoms with Crippen molar-refractivity contribution >= 4 is 15.9 Å². The number of hydrogen-bond acceptors (Lipinski definition) is 4. The second-order valence-electron chi connectivity index (χ2n) is 9.00. The first-order chi connectivity index (χ1) is 15.4. The van der Waals surface area contributed by atoms with Crippen LogP contribution >= 0.6 is 0 Å². The highest BCUT2D eigenvalue weighted by molar-refractivity contribution is 7.90. The van der Waals surface area contributed by atoms with E-state index in [2.05, 4.69) is 21.9 Å². The molecule has 3 atom stereocenters. The van der Waals surface area contributed by atoms with Gasteiger partial charge in [-0.25, -0.2) is 8.42 Å². The van der Waals surface area contributed by atoms with E-state index in [0.717, 1.165) is 30.4 Å². The summed E-state index contributed by atoms with van der Waals surface area (Å²) in [5.74, 6) is -0.0148. The number of nitrogens with zero attached hydrogens (tertiary/aromatic N) is 1. The molecular weight excluding hydrogens is 422 g/mol. The highest BCUT2D eigenvalue weighted by Crippen LogP contribution is 2.39. The molecule has 6 nitrogen and oxygen atoms in total. The van der Waals surface area contributed by atoms with Crippen molar-refractivity contribution in [3.8, 4) is 0 Å². The van der Waals surface area contributed by atoms with Gasteiger partial charge in [-0.3, -0.25) is 9.69 Å². The number of piperidine rings is 1. The van der Waals surface area contributed by atoms with Crippen LogP contribution in [0.4, 0.5) is 0 Å². The number of aryl methyl sites for hydroxylation is 1. The molecule has 172 valence electrons. The summed E-state index contributed by atoms with van der Waals surface area (Å²) in [7, 11) is -3.45. The van der Waals surface area contributed by atoms with Gasteiger partial charge in [0.1, 0.15) is 5.25 Å². The first-order valence-electron chi connectivity index (χ1n) is 11.5. The normalized spacial score (nSPS) is 26.1. The lowest BCUT2D eigenvalue weighted by atomic mass is 9.92. The average molecular weight is 456 g/mol. The zero-order valence-electron chi connectivity index (χ0n) is 18.8. The molecule has 0 spiro atoms. The zero-order valence-corrected chi connectivity index (χ0v) is 19.6. The Balaban J connectivity index is 1.35. The fraction of sp³-hybridized carbons (Fsp3) is 0.480. The van der Waals surface area contributed by atoms with E-state index in [0.29, 0.717) is 19.6 Å². The summed E-state index contributed by atoms with van der Waals surface area (Å²) in [5, 5.41) is 2.49. The van der Waals surface area contributed by atoms with E-state index in [9.17, 15) is 13.2 Å². The smallest absolute Gasteiger partial charge is 0.223 e. The van der Waals surface area contributed by atoms with Gasteiger partial charge in [0.15, 0.2) is 0 Å². The summed E-state index contributed by atoms with van der Waals surface area (Å²) in [6, 6.07) is 17.8. The molecule has 2 aliphatic heterocycles. The Labute approximate surface area is 191 Å². The quantitative estimate of drug-likeness (QED) is 0.701. The molecule has 1 amide bonds. The third-order valence-electron chi connectivity index (χ3n) is 6.91. The van der Waals surface area contributed by atoms with E-state index in [1.807, 2.05) is 61.5 Å². The Morgan fingerprint density at radius 3 is 2.31 bits per heavy atom. The lowest BCUT2D eigenvalue weighted by Crippen LogP contribution is -2.50. The molecule has 2 aromatic rings. The van der Waals surface area contributed by atoms with E-state index in [-0.39, 0.29) is 23.9 Å². The molecule has 2 heterocycles. The van der Waals surface area contributed by atoms with Crippen molar-refractivity contribution in [2.45, 2.75) is 51.1 Å². The minimum Gasteiger partial charge on any atom is -0.352 e. The van der Waals surface area contributed by atoms with Crippen LogP contribution in [0.15, 0.2) is 54.6 Å². The molecule has 0 radical (unpaired) electrons. The Morgan fingerprint density at radius 2 is 1.69 bits per heavy atom. The van der Waals surface area contributed by atoms with Crippen LogP contribution in [0.3, 0.4) is 0 Å². The molecule has 2 fully saturated rings. The molecule has 0 aliphatic carbocycles. The van der Waals surface area contributed by atoms with Crippen LogP contribution in [0, 0.1) is 11.8 Å². The Morgan fingerprint density at radius 1 is 1.03 bits per heavy atom. The van der Waals surface area contributed by atoms with Crippen LogP contribution in [-0.2, 0) is 27.8 Å². The molecule has 7 heteroatoms. The largest absolute Gasteiger partial charge is 0.352 e. The van der Waals surface area contributed by atoms with Gasteiger partial charge >= 0.3 is 0 Å². The summed E-state index contributed by atoms with van der Waals surface area (Å²) >= 11 is 0. The SMILES string of the molecule is CCc1ccc(C2C(C)C(N3CCC(C(=O)NCc4ccccc4)CC3)NS2(=O)=O)cc1. The molecule has 2 aliphatic rings. The van der Waals surface area contributed by atoms with Crippen molar-refractivity contribution in [1.82, 2.24) is 14.9 Å². The van der Waals surface area contributed by atoms with Gasteiger partial charge < -0.3 is 5.32 Å². The Hall–Kier alpha value is -2.22. The highest BCUT2D eigenvalue weighted by Gasteiger charge is 2.48. The molecule has 2 saturated heterocycles. The van der Waals surface area contributed by atoms with Crippen LogP contribution in [0.5, 0.6) is 0 Å². The molecule has 3 unspecified atom stereocenters. The van der Waals surface area contributed by atoms with Gasteiger partial charge in [0.2, 0.25) is 15.9 Å². The van der Waals surface area contributed by atoms with Gasteiger partial charge in [-0.1, -0.05) is 68.4 Å². The monoisotopic (exact) mass is 455 g/mol. The molecule has 0 bridgehead atoms. The molecule has 4 rings (SSSR count). The lowest BCUT2D eigenvalue weighted by molar-refractivity contribution is -0.126. The lowest BCUT2D eigenvalue weighted by Gasteiger charge is -2.36. The fourth-order valence-electron chi connectivity index (χ4n) is 5.00. The standard InChI is InChI=1S/C25H33N3O3S/c1-3-19-9-11-21(12-10-19)23-18(2)24(27-32(23,30)31)28-15-13-22(14-16-28)25(29)26-17-20-7-5-4-6-8-20/h4-12,18,22-24,27H,3,13-17H2,1-2H3,(H,26,29). The molecule has 2 N–H and O–H groups in total. The van der Waals surface area contributed by atoms with Gasteiger partial charge in [-0.05, 0) is 36.0 Å². The van der Waals surface area contributed by atoms with Crippen molar-refractivity contribution < 1.29 is 13.2 Å². The highest BCUT2D eigenvalue weighted by atomic mass is 32.2. The van der Waals surface area contributed by atoms with Crippen molar-refractivity contribution in [1.29, 1.82) is 0 Å². The minimum atomic E-state index is -3.45. The number of hydrogen-bond donors (Lipinski definition) is 2. The maximum Gasteiger partial charge on any atom is 0.223 e. The zero-order chi connectivity index (χ0) is 22.7. The topological polar surface area (TPSA) is 78.5 Å². The van der Waals surface area contributed by atoms with E-state index in [1.54, 1.807) is 0 Å². The van der Waals surface area contributed by atoms with E-state index >= 15 is 0 Å². The number of rotatable bonds is 6. The number of carbonyl (C=O) groups excluding carboxylic acids is 1. The summed E-state index contributed by atoms with van der Waals surface area (Å²) in [5.41, 5.74) is 3.14. The predicted molar refractivity (Wildman–Crippen MR) is 126 cm³/mol. The fourth-order valence-corrected chi connectivity index (χ4v) is 7.08. The van der Waals surface area contributed by atoms with E-state index in [4.69, 9.17) is 0 Å². The molecule has 0 aromatic heterocycles. The summed E-state index contributed by atoms with van der Waals surface area (Å²) in [4.78, 5) is 14.8. The number of benzene rings is 2. The molecular formula is C25H33N3O3S. The van der Waals surface area contributed by atoms with Crippen LogP contribution in [0.2, 0.25) is 0 Å². The van der Waals surface area contributed by atoms with Crippen molar-refractivity contribution in [3.05, 3.63) is 71.3 Å². The van der Waals surface area contributed by atoms with E-state index in [1.165, 1.54) is 5.56 Å². The number of sulfonamides is 1. The van der Waals surface area contributed by atoms with Gasteiger partial charge in [0.05, 0.1) is 6.17 Å². The second-order valence-corrected chi connectivity index (χ2v) is 10.8. The maximum atomic E-state index is 13.0. The van der Waals surface area contributed by atoms with Gasteiger partial charge in [-0.15, -0.1) is 0 Å². The second kappa shape index (κ2) is 9.73. The third kappa shape index (κ3) is 4.90. The number of likely N-dealkylation sites (tertiary alicyclic amines) is 1. The number of carbonyl (C=O) groups is 1. The molecule has 0 saturated carbocycles. The average Bonchev–Trinajstić information content (AvgIpc) is 3.06. The minimum absolute atomic E-state index is 0.0272. The molecule has 32 heavy (non-hydrogen) atoms. The number of nitrogens with one attached hydrogen (secondary N) is 2. The van der Waals surface area contributed by atoms with Gasteiger partial charge in [0, 0.05) is 31.5 Å².